The van der Waals surface area contributed by atoms with Crippen molar-refractivity contribution in [3.05, 3.63) is 104 Å². The number of benzene rings is 3. The molecule has 1 aliphatic rings. The number of methoxy groups -OCH3 is 1. The highest BCUT2D eigenvalue weighted by Crippen LogP contribution is 2.36. The second-order valence-electron chi connectivity index (χ2n) is 7.49. The van der Waals surface area contributed by atoms with Gasteiger partial charge in [-0.05, 0) is 43.3 Å². The van der Waals surface area contributed by atoms with Crippen LogP contribution in [0.25, 0.3) is 0 Å². The zero-order valence-electron chi connectivity index (χ0n) is 18.1. The number of nitro benzene ring substituents is 1. The summed E-state index contributed by atoms with van der Waals surface area (Å²) in [5.41, 5.74) is -1.62. The van der Waals surface area contributed by atoms with E-state index in [0.717, 1.165) is 6.07 Å². The van der Waals surface area contributed by atoms with E-state index in [9.17, 15) is 29.3 Å². The third-order valence-electron chi connectivity index (χ3n) is 5.50. The fourth-order valence-corrected chi connectivity index (χ4v) is 3.79. The molecule has 1 atom stereocenters. The van der Waals surface area contributed by atoms with Crippen molar-refractivity contribution in [1.29, 1.82) is 0 Å². The minimum Gasteiger partial charge on any atom is -0.497 e. The molecule has 0 aliphatic heterocycles. The summed E-state index contributed by atoms with van der Waals surface area (Å²) in [6, 6.07) is 14.3. The van der Waals surface area contributed by atoms with Gasteiger partial charge in [-0.2, -0.15) is 0 Å². The average molecular weight is 459 g/mol. The van der Waals surface area contributed by atoms with Crippen LogP contribution in [0.15, 0.2) is 60.7 Å². The highest BCUT2D eigenvalue weighted by molar-refractivity contribution is 6.30. The third-order valence-corrected chi connectivity index (χ3v) is 5.50. The van der Waals surface area contributed by atoms with Gasteiger partial charge >= 0.3 is 5.97 Å². The van der Waals surface area contributed by atoms with Crippen molar-refractivity contribution in [3.63, 3.8) is 0 Å². The molecule has 9 heteroatoms. The number of carbonyl (C=O) groups excluding carboxylic acids is 4. The Labute approximate surface area is 193 Å². The van der Waals surface area contributed by atoms with Crippen molar-refractivity contribution in [3.8, 4) is 5.75 Å². The van der Waals surface area contributed by atoms with Crippen LogP contribution in [-0.2, 0) is 4.74 Å². The number of nitrogens with zero attached hydrogens (tertiary/aromatic N) is 1. The first-order chi connectivity index (χ1) is 16.2. The first kappa shape index (κ1) is 22.5. The molecule has 0 radical (unpaired) electrons. The summed E-state index contributed by atoms with van der Waals surface area (Å²) in [6.45, 7) is 1.33. The number of nitro groups is 1. The van der Waals surface area contributed by atoms with Crippen LogP contribution >= 0.6 is 0 Å². The molecule has 3 aromatic carbocycles. The predicted molar refractivity (Wildman–Crippen MR) is 119 cm³/mol. The van der Waals surface area contributed by atoms with E-state index in [-0.39, 0.29) is 22.3 Å². The SMILES string of the molecule is COc1ccc(C(=O)C(C)OC(=O)c2ccc3c(c2[N+](=O)[O-])C(=O)c2ccccc2C3=O)cc1. The molecule has 0 fully saturated rings. The molecule has 0 aromatic heterocycles. The molecule has 0 heterocycles. The summed E-state index contributed by atoms with van der Waals surface area (Å²) < 4.78 is 10.2. The largest absolute Gasteiger partial charge is 0.497 e. The lowest BCUT2D eigenvalue weighted by molar-refractivity contribution is -0.385. The number of hydrogen-bond acceptors (Lipinski definition) is 8. The summed E-state index contributed by atoms with van der Waals surface area (Å²) in [5.74, 6) is -2.46. The van der Waals surface area contributed by atoms with Crippen molar-refractivity contribution in [1.82, 2.24) is 0 Å². The standard InChI is InChI=1S/C25H17NO8/c1-13(22(27)14-7-9-15(33-2)10-8-14)34-25(30)19-12-11-18-20(21(19)26(31)32)24(29)17-6-4-3-5-16(17)23(18)28/h3-13H,1-2H3. The number of Topliss-reactive ketones (excluding diaryl/α,β-unsaturated/α-hetero) is 1. The van der Waals surface area contributed by atoms with Gasteiger partial charge in [-0.25, -0.2) is 4.79 Å². The summed E-state index contributed by atoms with van der Waals surface area (Å²) in [6.07, 6.45) is -1.27. The number of ether oxygens (including phenoxy) is 2. The highest BCUT2D eigenvalue weighted by atomic mass is 16.6. The van der Waals surface area contributed by atoms with Crippen LogP contribution in [0.5, 0.6) is 5.75 Å². The van der Waals surface area contributed by atoms with E-state index in [0.29, 0.717) is 5.75 Å². The quantitative estimate of drug-likeness (QED) is 0.184. The van der Waals surface area contributed by atoms with Crippen molar-refractivity contribution in [2.75, 3.05) is 7.11 Å². The average Bonchev–Trinajstić information content (AvgIpc) is 2.85. The summed E-state index contributed by atoms with van der Waals surface area (Å²) >= 11 is 0. The summed E-state index contributed by atoms with van der Waals surface area (Å²) in [7, 11) is 1.48. The molecule has 0 bridgehead atoms. The van der Waals surface area contributed by atoms with Gasteiger partial charge in [-0.3, -0.25) is 24.5 Å². The maximum absolute atomic E-state index is 13.0. The lowest BCUT2D eigenvalue weighted by Gasteiger charge is -2.18. The molecule has 0 spiro atoms. The number of hydrogen-bond donors (Lipinski definition) is 0. The molecule has 0 amide bonds. The molecule has 0 saturated heterocycles. The van der Waals surface area contributed by atoms with Gasteiger partial charge in [-0.15, -0.1) is 0 Å². The molecule has 34 heavy (non-hydrogen) atoms. The van der Waals surface area contributed by atoms with Crippen molar-refractivity contribution >= 4 is 29.0 Å². The molecule has 0 N–H and O–H groups in total. The van der Waals surface area contributed by atoms with Gasteiger partial charge in [0.25, 0.3) is 5.69 Å². The van der Waals surface area contributed by atoms with Crippen LogP contribution in [0.1, 0.15) is 59.5 Å². The molecule has 0 saturated carbocycles. The minimum absolute atomic E-state index is 0.0108. The predicted octanol–water partition coefficient (Wildman–Crippen LogP) is 3.81. The first-order valence-electron chi connectivity index (χ1n) is 10.1. The van der Waals surface area contributed by atoms with Crippen LogP contribution in [0, 0.1) is 10.1 Å². The fourth-order valence-electron chi connectivity index (χ4n) is 3.79. The van der Waals surface area contributed by atoms with E-state index < -0.39 is 51.2 Å². The zero-order chi connectivity index (χ0) is 24.6. The number of rotatable bonds is 6. The number of ketones is 3. The molecule has 170 valence electrons. The fraction of sp³-hybridized carbons (Fsp3) is 0.120. The Hall–Kier alpha value is -4.66. The number of fused-ring (bicyclic) bond motifs is 2. The van der Waals surface area contributed by atoms with Gasteiger partial charge in [0.05, 0.1) is 12.0 Å². The number of esters is 1. The smallest absolute Gasteiger partial charge is 0.345 e. The van der Waals surface area contributed by atoms with E-state index >= 15 is 0 Å². The Morgan fingerprint density at radius 3 is 2.09 bits per heavy atom. The van der Waals surface area contributed by atoms with Gasteiger partial charge in [0.1, 0.15) is 16.9 Å². The second-order valence-corrected chi connectivity index (χ2v) is 7.49. The number of carbonyl (C=O) groups is 4. The summed E-state index contributed by atoms with van der Waals surface area (Å²) in [5, 5.41) is 11.9. The zero-order valence-corrected chi connectivity index (χ0v) is 18.1. The summed E-state index contributed by atoms with van der Waals surface area (Å²) in [4.78, 5) is 62.4. The molecule has 3 aromatic rings. The minimum atomic E-state index is -1.27. The molecule has 1 aliphatic carbocycles. The van der Waals surface area contributed by atoms with Crippen LogP contribution in [0.3, 0.4) is 0 Å². The molecule has 4 rings (SSSR count). The molecule has 1 unspecified atom stereocenters. The van der Waals surface area contributed by atoms with Crippen LogP contribution in [0.4, 0.5) is 5.69 Å². The van der Waals surface area contributed by atoms with Gasteiger partial charge in [0.15, 0.2) is 11.9 Å². The Morgan fingerprint density at radius 2 is 1.50 bits per heavy atom. The van der Waals surface area contributed by atoms with E-state index in [1.807, 2.05) is 0 Å². The van der Waals surface area contributed by atoms with Crippen molar-refractivity contribution in [2.45, 2.75) is 13.0 Å². The van der Waals surface area contributed by atoms with E-state index in [2.05, 4.69) is 0 Å². The lowest BCUT2D eigenvalue weighted by atomic mass is 9.82. The highest BCUT2D eigenvalue weighted by Gasteiger charge is 2.39. The molecule has 9 nitrogen and oxygen atoms in total. The van der Waals surface area contributed by atoms with Gasteiger partial charge in [0, 0.05) is 22.3 Å². The Balaban J connectivity index is 1.69. The maximum Gasteiger partial charge on any atom is 0.345 e. The van der Waals surface area contributed by atoms with Crippen molar-refractivity contribution < 1.29 is 33.6 Å². The maximum atomic E-state index is 13.0. The Kier molecular flexibility index (Phi) is 5.77. The monoisotopic (exact) mass is 459 g/mol. The van der Waals surface area contributed by atoms with Gasteiger partial charge in [0.2, 0.25) is 11.6 Å². The van der Waals surface area contributed by atoms with E-state index in [4.69, 9.17) is 9.47 Å². The van der Waals surface area contributed by atoms with Crippen molar-refractivity contribution in [2.24, 2.45) is 0 Å². The van der Waals surface area contributed by atoms with Crippen LogP contribution < -0.4 is 4.74 Å². The lowest BCUT2D eigenvalue weighted by Crippen LogP contribution is -2.27. The Bertz CT molecular complexity index is 1370. The van der Waals surface area contributed by atoms with Gasteiger partial charge in [-0.1, -0.05) is 24.3 Å². The normalized spacial score (nSPS) is 12.9. The second kappa shape index (κ2) is 8.70. The molecular formula is C25H17NO8. The van der Waals surface area contributed by atoms with Crippen LogP contribution in [0.2, 0.25) is 0 Å². The first-order valence-corrected chi connectivity index (χ1v) is 10.1. The van der Waals surface area contributed by atoms with Gasteiger partial charge < -0.3 is 9.47 Å². The van der Waals surface area contributed by atoms with Crippen LogP contribution in [-0.4, -0.2) is 41.5 Å². The van der Waals surface area contributed by atoms with E-state index in [1.54, 1.807) is 18.2 Å². The third kappa shape index (κ3) is 3.73. The van der Waals surface area contributed by atoms with E-state index in [1.165, 1.54) is 50.4 Å². The Morgan fingerprint density at radius 1 is 0.882 bits per heavy atom. The molecular weight excluding hydrogens is 442 g/mol. The topological polar surface area (TPSA) is 130 Å².